The Bertz CT molecular complexity index is 842. The Balaban J connectivity index is 0.00000341. The Kier molecular flexibility index (Phi) is 9.35. The topological polar surface area (TPSA) is 64.0 Å². The van der Waals surface area contributed by atoms with Gasteiger partial charge in [0, 0.05) is 50.8 Å². The van der Waals surface area contributed by atoms with E-state index in [4.69, 9.17) is 0 Å². The Labute approximate surface area is 197 Å². The normalized spacial score (nSPS) is 16.0. The molecule has 6 nitrogen and oxygen atoms in total. The van der Waals surface area contributed by atoms with Gasteiger partial charge in [0.05, 0.1) is 18.2 Å². The van der Waals surface area contributed by atoms with Gasteiger partial charge in [-0.15, -0.1) is 24.0 Å². The molecule has 0 radical (unpaired) electrons. The van der Waals surface area contributed by atoms with E-state index in [0.717, 1.165) is 11.6 Å². The van der Waals surface area contributed by atoms with Crippen LogP contribution in [0.25, 0.3) is 0 Å². The summed E-state index contributed by atoms with van der Waals surface area (Å²) in [6, 6.07) is 8.93. The lowest BCUT2D eigenvalue weighted by Crippen LogP contribution is -2.52. The first kappa shape index (κ1) is 25.2. The van der Waals surface area contributed by atoms with Crippen LogP contribution in [0, 0.1) is 0 Å². The van der Waals surface area contributed by atoms with E-state index in [0.29, 0.717) is 44.4 Å². The van der Waals surface area contributed by atoms with E-state index in [2.05, 4.69) is 20.2 Å². The van der Waals surface area contributed by atoms with Gasteiger partial charge in [0.15, 0.2) is 5.96 Å². The van der Waals surface area contributed by atoms with Crippen molar-refractivity contribution >= 4 is 35.6 Å². The van der Waals surface area contributed by atoms with Crippen molar-refractivity contribution in [3.05, 3.63) is 59.9 Å². The van der Waals surface area contributed by atoms with Crippen LogP contribution in [-0.2, 0) is 6.18 Å². The fraction of sp³-hybridized carbons (Fsp3) is 0.429. The number of guanidine groups is 1. The molecule has 1 atom stereocenters. The lowest BCUT2D eigenvalue weighted by molar-refractivity contribution is -0.137. The maximum Gasteiger partial charge on any atom is 0.416 e. The third kappa shape index (κ3) is 6.96. The van der Waals surface area contributed by atoms with Crippen LogP contribution in [0.1, 0.15) is 24.2 Å². The number of piperazine rings is 1. The number of hydrogen-bond acceptors (Lipinski definition) is 4. The number of alkyl halides is 3. The van der Waals surface area contributed by atoms with Crippen molar-refractivity contribution in [2.24, 2.45) is 4.99 Å². The zero-order valence-corrected chi connectivity index (χ0v) is 19.5. The molecule has 0 aliphatic carbocycles. The van der Waals surface area contributed by atoms with E-state index >= 15 is 0 Å². The zero-order chi connectivity index (χ0) is 21.6. The number of rotatable bonds is 5. The molecule has 1 aliphatic rings. The minimum absolute atomic E-state index is 0. The number of benzene rings is 1. The second kappa shape index (κ2) is 11.5. The molecule has 1 unspecified atom stereocenters. The van der Waals surface area contributed by atoms with Gasteiger partial charge in [-0.05, 0) is 42.8 Å². The van der Waals surface area contributed by atoms with Gasteiger partial charge >= 0.3 is 6.18 Å². The van der Waals surface area contributed by atoms with Crippen LogP contribution in [0.15, 0.2) is 53.8 Å². The summed E-state index contributed by atoms with van der Waals surface area (Å²) < 4.78 is 39.0. The molecule has 1 aromatic carbocycles. The molecule has 1 aromatic heterocycles. The number of hydrogen-bond donors (Lipinski definition) is 2. The van der Waals surface area contributed by atoms with Crippen molar-refractivity contribution in [1.29, 1.82) is 0 Å². The molecule has 10 heteroatoms. The number of halogens is 4. The number of nitrogens with one attached hydrogen (secondary N) is 1. The van der Waals surface area contributed by atoms with E-state index in [1.54, 1.807) is 30.6 Å². The highest BCUT2D eigenvalue weighted by Gasteiger charge is 2.31. The van der Waals surface area contributed by atoms with Crippen LogP contribution in [0.5, 0.6) is 0 Å². The minimum atomic E-state index is -4.35. The van der Waals surface area contributed by atoms with Gasteiger partial charge in [-0.25, -0.2) is 0 Å². The lowest BCUT2D eigenvalue weighted by atomic mass is 10.1. The summed E-state index contributed by atoms with van der Waals surface area (Å²) in [5, 5.41) is 13.6. The van der Waals surface area contributed by atoms with Gasteiger partial charge in [-0.2, -0.15) is 13.2 Å². The minimum Gasteiger partial charge on any atom is -0.386 e. The van der Waals surface area contributed by atoms with Gasteiger partial charge in [0.1, 0.15) is 0 Å². The number of pyridine rings is 1. The highest BCUT2D eigenvalue weighted by Crippen LogP contribution is 2.31. The number of nitrogens with zero attached hydrogens (tertiary/aromatic N) is 4. The summed E-state index contributed by atoms with van der Waals surface area (Å²) in [5.74, 6) is 0.689. The molecule has 2 aromatic rings. The molecule has 1 saturated heterocycles. The Hall–Kier alpha value is -2.08. The molecule has 2 N–H and O–H groups in total. The predicted octanol–water partition coefficient (Wildman–Crippen LogP) is 3.54. The molecule has 31 heavy (non-hydrogen) atoms. The van der Waals surface area contributed by atoms with Crippen molar-refractivity contribution < 1.29 is 18.3 Å². The van der Waals surface area contributed by atoms with Crippen LogP contribution < -0.4 is 10.2 Å². The molecule has 0 spiro atoms. The van der Waals surface area contributed by atoms with E-state index in [1.165, 1.54) is 12.1 Å². The molecule has 170 valence electrons. The second-order valence-corrected chi connectivity index (χ2v) is 7.01. The summed E-state index contributed by atoms with van der Waals surface area (Å²) in [6.45, 7) is 5.25. The third-order valence-electron chi connectivity index (χ3n) is 4.96. The molecular weight excluding hydrogens is 522 g/mol. The number of aromatic nitrogens is 1. The first-order valence-electron chi connectivity index (χ1n) is 9.92. The van der Waals surface area contributed by atoms with Crippen molar-refractivity contribution in [3.8, 4) is 0 Å². The fourth-order valence-electron chi connectivity index (χ4n) is 3.35. The molecule has 3 rings (SSSR count). The smallest absolute Gasteiger partial charge is 0.386 e. The molecule has 0 saturated carbocycles. The van der Waals surface area contributed by atoms with Gasteiger partial charge in [-0.3, -0.25) is 9.98 Å². The Morgan fingerprint density at radius 1 is 1.16 bits per heavy atom. The van der Waals surface area contributed by atoms with Crippen molar-refractivity contribution in [1.82, 2.24) is 15.2 Å². The van der Waals surface area contributed by atoms with Crippen molar-refractivity contribution in [2.75, 3.05) is 44.2 Å². The molecule has 2 heterocycles. The summed E-state index contributed by atoms with van der Waals surface area (Å²) in [4.78, 5) is 12.5. The Morgan fingerprint density at radius 2 is 1.84 bits per heavy atom. The van der Waals surface area contributed by atoms with Crippen molar-refractivity contribution in [2.45, 2.75) is 19.2 Å². The first-order chi connectivity index (χ1) is 14.4. The van der Waals surface area contributed by atoms with Gasteiger partial charge in [-0.1, -0.05) is 6.07 Å². The average molecular weight is 549 g/mol. The predicted molar refractivity (Wildman–Crippen MR) is 126 cm³/mol. The van der Waals surface area contributed by atoms with Gasteiger partial charge < -0.3 is 20.2 Å². The Morgan fingerprint density at radius 3 is 2.45 bits per heavy atom. The van der Waals surface area contributed by atoms with E-state index in [-0.39, 0.29) is 30.5 Å². The quantitative estimate of drug-likeness (QED) is 0.340. The summed E-state index contributed by atoms with van der Waals surface area (Å²) >= 11 is 0. The number of aliphatic imine (C=N–C) groups is 1. The first-order valence-corrected chi connectivity index (χ1v) is 9.92. The van der Waals surface area contributed by atoms with Gasteiger partial charge in [0.25, 0.3) is 0 Å². The van der Waals surface area contributed by atoms with E-state index in [9.17, 15) is 18.3 Å². The van der Waals surface area contributed by atoms with Crippen LogP contribution in [-0.4, -0.2) is 60.2 Å². The number of anilines is 1. The summed E-state index contributed by atoms with van der Waals surface area (Å²) in [5.41, 5.74) is 0.681. The molecule has 1 aliphatic heterocycles. The third-order valence-corrected chi connectivity index (χ3v) is 4.96. The fourth-order valence-corrected chi connectivity index (χ4v) is 3.35. The summed E-state index contributed by atoms with van der Waals surface area (Å²) in [7, 11) is 0. The maximum absolute atomic E-state index is 13.0. The van der Waals surface area contributed by atoms with Crippen molar-refractivity contribution in [3.63, 3.8) is 0 Å². The largest absolute Gasteiger partial charge is 0.416 e. The zero-order valence-electron chi connectivity index (χ0n) is 17.2. The van der Waals surface area contributed by atoms with Crippen LogP contribution >= 0.6 is 24.0 Å². The standard InChI is InChI=1S/C21H26F3N5O.HI/c1-2-26-20(27-15-19(30)16-6-8-25-9-7-16)29-12-10-28(11-13-29)18-5-3-4-17(14-18)21(22,23)24;/h3-9,14,19,30H,2,10-13,15H2,1H3,(H,26,27);1H. The SMILES string of the molecule is CCNC(=NCC(O)c1ccncc1)N1CCN(c2cccc(C(F)(F)F)c2)CC1.I. The van der Waals surface area contributed by atoms with E-state index in [1.807, 2.05) is 11.8 Å². The monoisotopic (exact) mass is 549 g/mol. The molecule has 0 bridgehead atoms. The van der Waals surface area contributed by atoms with Crippen LogP contribution in [0.2, 0.25) is 0 Å². The molecular formula is C21H27F3IN5O. The molecule has 1 fully saturated rings. The number of aliphatic hydroxyl groups excluding tert-OH is 1. The van der Waals surface area contributed by atoms with E-state index < -0.39 is 17.8 Å². The van der Waals surface area contributed by atoms with Crippen LogP contribution in [0.4, 0.5) is 18.9 Å². The highest BCUT2D eigenvalue weighted by molar-refractivity contribution is 14.0. The van der Waals surface area contributed by atoms with Crippen LogP contribution in [0.3, 0.4) is 0 Å². The second-order valence-electron chi connectivity index (χ2n) is 7.01. The summed E-state index contributed by atoms with van der Waals surface area (Å²) in [6.07, 6.45) is -1.83. The number of aliphatic hydroxyl groups is 1. The molecule has 0 amide bonds. The maximum atomic E-state index is 13.0. The highest BCUT2D eigenvalue weighted by atomic mass is 127. The lowest BCUT2D eigenvalue weighted by Gasteiger charge is -2.38. The average Bonchev–Trinajstić information content (AvgIpc) is 2.76. The van der Waals surface area contributed by atoms with Gasteiger partial charge in [0.2, 0.25) is 0 Å².